The van der Waals surface area contributed by atoms with Crippen molar-refractivity contribution < 1.29 is 0 Å². The molecule has 1 fully saturated rings. The molecule has 0 aliphatic carbocycles. The van der Waals surface area contributed by atoms with Gasteiger partial charge in [0.2, 0.25) is 0 Å². The predicted octanol–water partition coefficient (Wildman–Crippen LogP) is 2.69. The molecule has 0 amide bonds. The Morgan fingerprint density at radius 1 is 1.18 bits per heavy atom. The van der Waals surface area contributed by atoms with Crippen molar-refractivity contribution in [3.63, 3.8) is 0 Å². The molecule has 0 bridgehead atoms. The molecule has 0 saturated carbocycles. The second-order valence-corrected chi connectivity index (χ2v) is 6.26. The number of nitrogens with zero attached hydrogens (tertiary/aromatic N) is 1. The van der Waals surface area contributed by atoms with Gasteiger partial charge in [-0.15, -0.1) is 0 Å². The summed E-state index contributed by atoms with van der Waals surface area (Å²) in [5.74, 6) is 0. The number of hydrogen-bond acceptors (Lipinski definition) is 2. The van der Waals surface area contributed by atoms with Crippen molar-refractivity contribution in [1.82, 2.24) is 4.90 Å². The molecule has 2 N–H and O–H groups in total. The SMILES string of the molecule is CC(c1ccc(C(C)(C)C)cc1)N1CC(N)C1. The summed E-state index contributed by atoms with van der Waals surface area (Å²) in [6.07, 6.45) is 0. The molecular formula is C15H24N2. The number of rotatable bonds is 2. The van der Waals surface area contributed by atoms with Gasteiger partial charge in [0.25, 0.3) is 0 Å². The first-order chi connectivity index (χ1) is 7.88. The molecule has 1 unspecified atom stereocenters. The second-order valence-electron chi connectivity index (χ2n) is 6.26. The van der Waals surface area contributed by atoms with E-state index in [-0.39, 0.29) is 5.41 Å². The first-order valence-electron chi connectivity index (χ1n) is 6.48. The van der Waals surface area contributed by atoms with Gasteiger partial charge in [0.05, 0.1) is 0 Å². The first kappa shape index (κ1) is 12.6. The van der Waals surface area contributed by atoms with Crippen molar-refractivity contribution in [1.29, 1.82) is 0 Å². The molecule has 17 heavy (non-hydrogen) atoms. The molecule has 2 rings (SSSR count). The standard InChI is InChI=1S/C15H24N2/c1-11(17-9-14(16)10-17)12-5-7-13(8-6-12)15(2,3)4/h5-8,11,14H,9-10,16H2,1-4H3. The zero-order valence-corrected chi connectivity index (χ0v) is 11.4. The number of benzene rings is 1. The molecule has 1 aliphatic heterocycles. The monoisotopic (exact) mass is 232 g/mol. The van der Waals surface area contributed by atoms with E-state index in [1.165, 1.54) is 11.1 Å². The summed E-state index contributed by atoms with van der Waals surface area (Å²) in [4.78, 5) is 2.43. The van der Waals surface area contributed by atoms with Crippen molar-refractivity contribution in [2.24, 2.45) is 5.73 Å². The molecule has 1 atom stereocenters. The molecule has 0 radical (unpaired) electrons. The van der Waals surface area contributed by atoms with E-state index in [0.29, 0.717) is 12.1 Å². The predicted molar refractivity (Wildman–Crippen MR) is 73.1 cm³/mol. The maximum atomic E-state index is 5.82. The minimum atomic E-state index is 0.237. The van der Waals surface area contributed by atoms with Crippen molar-refractivity contribution in [2.45, 2.75) is 45.2 Å². The molecule has 94 valence electrons. The maximum absolute atomic E-state index is 5.82. The normalized spacial score (nSPS) is 20.1. The van der Waals surface area contributed by atoms with E-state index in [9.17, 15) is 0 Å². The maximum Gasteiger partial charge on any atom is 0.0321 e. The summed E-state index contributed by atoms with van der Waals surface area (Å²) in [7, 11) is 0. The molecule has 1 aromatic rings. The molecule has 1 heterocycles. The van der Waals surface area contributed by atoms with Gasteiger partial charge in [-0.05, 0) is 23.5 Å². The molecular weight excluding hydrogens is 208 g/mol. The van der Waals surface area contributed by atoms with Gasteiger partial charge in [-0.2, -0.15) is 0 Å². The Bertz CT molecular complexity index is 369. The van der Waals surface area contributed by atoms with Crippen molar-refractivity contribution in [3.8, 4) is 0 Å². The van der Waals surface area contributed by atoms with Crippen molar-refractivity contribution in [3.05, 3.63) is 35.4 Å². The van der Waals surface area contributed by atoms with Crippen LogP contribution in [0, 0.1) is 0 Å². The van der Waals surface area contributed by atoms with Crippen LogP contribution in [0.4, 0.5) is 0 Å². The summed E-state index contributed by atoms with van der Waals surface area (Å²) in [6, 6.07) is 9.90. The Labute approximate surface area is 105 Å². The number of likely N-dealkylation sites (tertiary alicyclic amines) is 1. The van der Waals surface area contributed by atoms with E-state index in [4.69, 9.17) is 5.73 Å². The summed E-state index contributed by atoms with van der Waals surface area (Å²) in [5.41, 5.74) is 8.85. The van der Waals surface area contributed by atoms with Crippen molar-refractivity contribution in [2.75, 3.05) is 13.1 Å². The third-order valence-corrected chi connectivity index (χ3v) is 3.74. The Balaban J connectivity index is 2.07. The van der Waals surface area contributed by atoms with Gasteiger partial charge in [0.1, 0.15) is 0 Å². The van der Waals surface area contributed by atoms with E-state index in [2.05, 4.69) is 56.9 Å². The molecule has 0 aromatic heterocycles. The summed E-state index contributed by atoms with van der Waals surface area (Å²) in [5, 5.41) is 0. The van der Waals surface area contributed by atoms with Crippen molar-refractivity contribution >= 4 is 0 Å². The lowest BCUT2D eigenvalue weighted by Crippen LogP contribution is -2.56. The third kappa shape index (κ3) is 2.70. The highest BCUT2D eigenvalue weighted by atomic mass is 15.2. The Kier molecular flexibility index (Phi) is 3.28. The number of hydrogen-bond donors (Lipinski definition) is 1. The minimum absolute atomic E-state index is 0.237. The van der Waals surface area contributed by atoms with Crippen LogP contribution in [-0.2, 0) is 5.41 Å². The Hall–Kier alpha value is -0.860. The van der Waals surface area contributed by atoms with Gasteiger partial charge < -0.3 is 5.73 Å². The highest BCUT2D eigenvalue weighted by Crippen LogP contribution is 2.27. The summed E-state index contributed by atoms with van der Waals surface area (Å²) >= 11 is 0. The second kappa shape index (κ2) is 4.43. The average molecular weight is 232 g/mol. The first-order valence-corrected chi connectivity index (χ1v) is 6.48. The lowest BCUT2D eigenvalue weighted by atomic mass is 9.86. The molecule has 2 nitrogen and oxygen atoms in total. The molecule has 1 aromatic carbocycles. The smallest absolute Gasteiger partial charge is 0.0321 e. The molecule has 0 spiro atoms. The fraction of sp³-hybridized carbons (Fsp3) is 0.600. The molecule has 1 saturated heterocycles. The van der Waals surface area contributed by atoms with E-state index < -0.39 is 0 Å². The van der Waals surface area contributed by atoms with Gasteiger partial charge in [-0.1, -0.05) is 45.0 Å². The zero-order chi connectivity index (χ0) is 12.6. The van der Waals surface area contributed by atoms with E-state index in [1.807, 2.05) is 0 Å². The fourth-order valence-corrected chi connectivity index (χ4v) is 2.34. The number of nitrogens with two attached hydrogens (primary N) is 1. The lowest BCUT2D eigenvalue weighted by Gasteiger charge is -2.41. The lowest BCUT2D eigenvalue weighted by molar-refractivity contribution is 0.103. The fourth-order valence-electron chi connectivity index (χ4n) is 2.34. The quantitative estimate of drug-likeness (QED) is 0.849. The molecule has 2 heteroatoms. The van der Waals surface area contributed by atoms with Crippen LogP contribution in [0.3, 0.4) is 0 Å². The van der Waals surface area contributed by atoms with Gasteiger partial charge in [-0.3, -0.25) is 4.90 Å². The van der Waals surface area contributed by atoms with Crippen LogP contribution < -0.4 is 5.73 Å². The van der Waals surface area contributed by atoms with E-state index >= 15 is 0 Å². The summed E-state index contributed by atoms with van der Waals surface area (Å²) in [6.45, 7) is 11.1. The van der Waals surface area contributed by atoms with Gasteiger partial charge >= 0.3 is 0 Å². The van der Waals surface area contributed by atoms with E-state index in [0.717, 1.165) is 13.1 Å². The van der Waals surface area contributed by atoms with Gasteiger partial charge in [0, 0.05) is 25.2 Å². The summed E-state index contributed by atoms with van der Waals surface area (Å²) < 4.78 is 0. The Morgan fingerprint density at radius 3 is 2.12 bits per heavy atom. The zero-order valence-electron chi connectivity index (χ0n) is 11.4. The highest BCUT2D eigenvalue weighted by molar-refractivity contribution is 5.29. The van der Waals surface area contributed by atoms with Crippen LogP contribution in [0.5, 0.6) is 0 Å². The minimum Gasteiger partial charge on any atom is -0.325 e. The van der Waals surface area contributed by atoms with Crippen LogP contribution in [0.1, 0.15) is 44.9 Å². The van der Waals surface area contributed by atoms with Crippen LogP contribution in [-0.4, -0.2) is 24.0 Å². The van der Waals surface area contributed by atoms with Crippen LogP contribution in [0.2, 0.25) is 0 Å². The van der Waals surface area contributed by atoms with Gasteiger partial charge in [0.15, 0.2) is 0 Å². The molecule has 1 aliphatic rings. The third-order valence-electron chi connectivity index (χ3n) is 3.74. The average Bonchev–Trinajstić information content (AvgIpc) is 2.23. The largest absolute Gasteiger partial charge is 0.325 e. The Morgan fingerprint density at radius 2 is 1.71 bits per heavy atom. The van der Waals surface area contributed by atoms with Crippen LogP contribution in [0.25, 0.3) is 0 Å². The van der Waals surface area contributed by atoms with Crippen LogP contribution in [0.15, 0.2) is 24.3 Å². The van der Waals surface area contributed by atoms with Crippen LogP contribution >= 0.6 is 0 Å². The van der Waals surface area contributed by atoms with Gasteiger partial charge in [-0.25, -0.2) is 0 Å². The highest BCUT2D eigenvalue weighted by Gasteiger charge is 2.28. The van der Waals surface area contributed by atoms with E-state index in [1.54, 1.807) is 0 Å². The topological polar surface area (TPSA) is 29.3 Å².